The number of hydrogen-bond acceptors (Lipinski definition) is 5. The monoisotopic (exact) mass is 274 g/mol. The minimum Gasteiger partial charge on any atom is -0.313 e. The number of imide groups is 1. The van der Waals surface area contributed by atoms with E-state index >= 15 is 0 Å². The van der Waals surface area contributed by atoms with Crippen LogP contribution in [0.2, 0.25) is 0 Å². The predicted molar refractivity (Wildman–Crippen MR) is 73.8 cm³/mol. The van der Waals surface area contributed by atoms with Crippen LogP contribution in [0.5, 0.6) is 0 Å². The fourth-order valence-corrected chi connectivity index (χ4v) is 3.05. The van der Waals surface area contributed by atoms with Gasteiger partial charge in [-0.3, -0.25) is 14.5 Å². The second-order valence-electron chi connectivity index (χ2n) is 3.93. The number of unbranched alkanes of at least 4 members (excludes halogenated alkanes) is 3. The number of likely N-dealkylation sites (tertiary alicyclic amines) is 1. The molecule has 0 radical (unpaired) electrons. The van der Waals surface area contributed by atoms with E-state index in [0.29, 0.717) is 18.1 Å². The molecule has 1 aliphatic heterocycles. The second kappa shape index (κ2) is 7.76. The number of amides is 2. The van der Waals surface area contributed by atoms with E-state index in [-0.39, 0.29) is 17.1 Å². The maximum absolute atomic E-state index is 11.8. The van der Waals surface area contributed by atoms with E-state index < -0.39 is 0 Å². The summed E-state index contributed by atoms with van der Waals surface area (Å²) in [4.78, 5) is 24.8. The SMILES string of the molecule is N=CCCCCCN1C(=O)CC(SCS)C1=O. The first-order valence-corrected chi connectivity index (χ1v) is 7.44. The van der Waals surface area contributed by atoms with Gasteiger partial charge >= 0.3 is 0 Å². The van der Waals surface area contributed by atoms with Gasteiger partial charge in [-0.25, -0.2) is 0 Å². The van der Waals surface area contributed by atoms with Gasteiger partial charge in [0.2, 0.25) is 11.8 Å². The van der Waals surface area contributed by atoms with Crippen LogP contribution >= 0.6 is 24.4 Å². The van der Waals surface area contributed by atoms with Crippen molar-refractivity contribution in [3.63, 3.8) is 0 Å². The average molecular weight is 274 g/mol. The van der Waals surface area contributed by atoms with Crippen molar-refractivity contribution in [2.45, 2.75) is 37.4 Å². The van der Waals surface area contributed by atoms with Crippen LogP contribution in [-0.2, 0) is 9.59 Å². The lowest BCUT2D eigenvalue weighted by molar-refractivity contribution is -0.138. The lowest BCUT2D eigenvalue weighted by atomic mass is 10.2. The van der Waals surface area contributed by atoms with Gasteiger partial charge in [-0.15, -0.1) is 11.8 Å². The number of carbonyl (C=O) groups is 2. The quantitative estimate of drug-likeness (QED) is 0.234. The molecule has 1 unspecified atom stereocenters. The molecule has 0 aromatic heterocycles. The Kier molecular flexibility index (Phi) is 6.65. The molecule has 96 valence electrons. The Bertz CT molecular complexity index is 297. The zero-order chi connectivity index (χ0) is 12.7. The molecule has 0 aromatic rings. The maximum Gasteiger partial charge on any atom is 0.242 e. The molecule has 17 heavy (non-hydrogen) atoms. The van der Waals surface area contributed by atoms with E-state index in [1.807, 2.05) is 0 Å². The lowest BCUT2D eigenvalue weighted by Gasteiger charge is -2.14. The van der Waals surface area contributed by atoms with Crippen LogP contribution in [0.25, 0.3) is 0 Å². The van der Waals surface area contributed by atoms with Gasteiger partial charge in [-0.05, 0) is 25.5 Å². The number of thioether (sulfide) groups is 1. The third kappa shape index (κ3) is 4.35. The first-order chi connectivity index (χ1) is 8.20. The van der Waals surface area contributed by atoms with Gasteiger partial charge in [0, 0.05) is 18.1 Å². The fourth-order valence-electron chi connectivity index (χ4n) is 1.80. The summed E-state index contributed by atoms with van der Waals surface area (Å²) in [6.07, 6.45) is 5.24. The summed E-state index contributed by atoms with van der Waals surface area (Å²) in [6, 6.07) is 0. The van der Waals surface area contributed by atoms with Crippen LogP contribution in [0, 0.1) is 5.41 Å². The van der Waals surface area contributed by atoms with Crippen LogP contribution < -0.4 is 0 Å². The summed E-state index contributed by atoms with van der Waals surface area (Å²) < 4.78 is 0. The zero-order valence-electron chi connectivity index (χ0n) is 9.72. The Morgan fingerprint density at radius 1 is 1.41 bits per heavy atom. The average Bonchev–Trinajstić information content (AvgIpc) is 2.56. The Balaban J connectivity index is 2.30. The number of rotatable bonds is 8. The molecule has 1 atom stereocenters. The third-order valence-corrected chi connectivity index (χ3v) is 4.08. The van der Waals surface area contributed by atoms with Gasteiger partial charge in [0.1, 0.15) is 0 Å². The Morgan fingerprint density at radius 2 is 2.18 bits per heavy atom. The van der Waals surface area contributed by atoms with Gasteiger partial charge in [0.15, 0.2) is 0 Å². The highest BCUT2D eigenvalue weighted by Crippen LogP contribution is 2.25. The largest absolute Gasteiger partial charge is 0.313 e. The van der Waals surface area contributed by atoms with Crippen molar-refractivity contribution in [1.82, 2.24) is 4.90 Å². The number of nitrogens with zero attached hydrogens (tertiary/aromatic N) is 1. The molecule has 0 aliphatic carbocycles. The van der Waals surface area contributed by atoms with Crippen molar-refractivity contribution < 1.29 is 9.59 Å². The Hall–Kier alpha value is -0.490. The third-order valence-electron chi connectivity index (χ3n) is 2.71. The molecular formula is C11H18N2O2S2. The first-order valence-electron chi connectivity index (χ1n) is 5.76. The lowest BCUT2D eigenvalue weighted by Crippen LogP contribution is -2.32. The smallest absolute Gasteiger partial charge is 0.242 e. The molecule has 0 bridgehead atoms. The molecular weight excluding hydrogens is 256 g/mol. The van der Waals surface area contributed by atoms with Crippen molar-refractivity contribution in [3.8, 4) is 0 Å². The number of hydrogen-bond donors (Lipinski definition) is 2. The molecule has 1 fully saturated rings. The van der Waals surface area contributed by atoms with Gasteiger partial charge in [-0.1, -0.05) is 6.42 Å². The van der Waals surface area contributed by atoms with Crippen molar-refractivity contribution in [2.75, 3.05) is 11.6 Å². The van der Waals surface area contributed by atoms with E-state index in [4.69, 9.17) is 5.41 Å². The molecule has 1 saturated heterocycles. The van der Waals surface area contributed by atoms with Crippen LogP contribution in [0.3, 0.4) is 0 Å². The van der Waals surface area contributed by atoms with Crippen molar-refractivity contribution >= 4 is 42.4 Å². The van der Waals surface area contributed by atoms with Crippen LogP contribution in [0.15, 0.2) is 0 Å². The zero-order valence-corrected chi connectivity index (χ0v) is 11.4. The van der Waals surface area contributed by atoms with Gasteiger partial charge in [0.25, 0.3) is 0 Å². The highest BCUT2D eigenvalue weighted by atomic mass is 32.2. The van der Waals surface area contributed by atoms with Crippen molar-refractivity contribution in [1.29, 1.82) is 5.41 Å². The first kappa shape index (κ1) is 14.6. The van der Waals surface area contributed by atoms with Crippen molar-refractivity contribution in [3.05, 3.63) is 0 Å². The molecule has 0 spiro atoms. The molecule has 2 amide bonds. The summed E-state index contributed by atoms with van der Waals surface area (Å²) in [7, 11) is 0. The normalized spacial score (nSPS) is 20.1. The van der Waals surface area contributed by atoms with Crippen LogP contribution in [0.4, 0.5) is 0 Å². The summed E-state index contributed by atoms with van der Waals surface area (Å²) >= 11 is 5.49. The van der Waals surface area contributed by atoms with E-state index in [2.05, 4.69) is 12.6 Å². The highest BCUT2D eigenvalue weighted by molar-refractivity contribution is 8.10. The van der Waals surface area contributed by atoms with Gasteiger partial charge in [-0.2, -0.15) is 12.6 Å². The minimum atomic E-state index is -0.221. The second-order valence-corrected chi connectivity index (χ2v) is 5.86. The molecule has 4 nitrogen and oxygen atoms in total. The van der Waals surface area contributed by atoms with Gasteiger partial charge < -0.3 is 5.41 Å². The number of thiol groups is 1. The summed E-state index contributed by atoms with van der Waals surface area (Å²) in [6.45, 7) is 0.527. The topological polar surface area (TPSA) is 61.2 Å². The van der Waals surface area contributed by atoms with Crippen molar-refractivity contribution in [2.24, 2.45) is 0 Å². The molecule has 0 aromatic carbocycles. The molecule has 1 heterocycles. The summed E-state index contributed by atoms with van der Waals surface area (Å²) in [5.74, 6) is -0.109. The van der Waals surface area contributed by atoms with E-state index in [0.717, 1.165) is 25.7 Å². The van der Waals surface area contributed by atoms with E-state index in [1.165, 1.54) is 22.9 Å². The van der Waals surface area contributed by atoms with E-state index in [9.17, 15) is 9.59 Å². The highest BCUT2D eigenvalue weighted by Gasteiger charge is 2.37. The molecule has 1 aliphatic rings. The standard InChI is InChI=1S/C11H18N2O2S2/c12-5-3-1-2-4-6-13-10(14)7-9(11(13)15)17-8-16/h5,9,12,16H,1-4,6-8H2. The number of carbonyl (C=O) groups excluding carboxylic acids is 2. The fraction of sp³-hybridized carbons (Fsp3) is 0.727. The molecule has 0 saturated carbocycles. The maximum atomic E-state index is 11.8. The van der Waals surface area contributed by atoms with Gasteiger partial charge in [0.05, 0.1) is 5.25 Å². The summed E-state index contributed by atoms with van der Waals surface area (Å²) in [5.41, 5.74) is 0. The molecule has 1 N–H and O–H groups in total. The Labute approximate surface area is 111 Å². The molecule has 6 heteroatoms. The summed E-state index contributed by atoms with van der Waals surface area (Å²) in [5, 5.41) is 7.23. The minimum absolute atomic E-state index is 0.0543. The Morgan fingerprint density at radius 3 is 2.82 bits per heavy atom. The predicted octanol–water partition coefficient (Wildman–Crippen LogP) is 1.94. The van der Waals surface area contributed by atoms with Crippen LogP contribution in [-0.4, -0.2) is 39.8 Å². The molecule has 1 rings (SSSR count). The number of nitrogens with one attached hydrogen (secondary N) is 1. The van der Waals surface area contributed by atoms with Crippen LogP contribution in [0.1, 0.15) is 32.1 Å². The van der Waals surface area contributed by atoms with E-state index in [1.54, 1.807) is 0 Å².